The van der Waals surface area contributed by atoms with E-state index in [0.717, 1.165) is 5.69 Å². The number of aromatic amines is 1. The second-order valence-electron chi connectivity index (χ2n) is 8.67. The van der Waals surface area contributed by atoms with Crippen molar-refractivity contribution in [2.24, 2.45) is 0 Å². The molecule has 1 atom stereocenters. The normalized spacial score (nSPS) is 11.3. The number of anilines is 2. The lowest BCUT2D eigenvalue weighted by molar-refractivity contribution is -0.143. The maximum Gasteiger partial charge on any atom is 0.420 e. The van der Waals surface area contributed by atoms with Crippen LogP contribution in [-0.4, -0.2) is 41.8 Å². The molecular weight excluding hydrogens is 498 g/mol. The summed E-state index contributed by atoms with van der Waals surface area (Å²) in [6.45, 7) is 4.15. The van der Waals surface area contributed by atoms with Crippen molar-refractivity contribution < 1.29 is 23.8 Å². The van der Waals surface area contributed by atoms with Crippen LogP contribution >= 0.6 is 0 Å². The van der Waals surface area contributed by atoms with Gasteiger partial charge in [0.05, 0.1) is 55.0 Å². The number of hydrogen-bond donors (Lipinski definition) is 2. The summed E-state index contributed by atoms with van der Waals surface area (Å²) >= 11 is 0. The topological polar surface area (TPSA) is 130 Å². The van der Waals surface area contributed by atoms with E-state index < -0.39 is 18.1 Å². The number of nitriles is 1. The number of hydrogen-bond acceptors (Lipinski definition) is 8. The van der Waals surface area contributed by atoms with Crippen LogP contribution in [0.15, 0.2) is 66.7 Å². The monoisotopic (exact) mass is 527 g/mol. The molecule has 39 heavy (non-hydrogen) atoms. The number of imidazole rings is 1. The van der Waals surface area contributed by atoms with Crippen molar-refractivity contribution in [2.75, 3.05) is 23.9 Å². The van der Waals surface area contributed by atoms with Gasteiger partial charge in [-0.05, 0) is 50.2 Å². The van der Waals surface area contributed by atoms with Gasteiger partial charge >= 0.3 is 12.1 Å². The first kappa shape index (κ1) is 27.0. The molecule has 0 aliphatic heterocycles. The summed E-state index contributed by atoms with van der Waals surface area (Å²) in [5.74, 6) is 1.15. The summed E-state index contributed by atoms with van der Waals surface area (Å²) in [6.07, 6.45) is -0.593. The lowest BCUT2D eigenvalue weighted by atomic mass is 10.2. The average Bonchev–Trinajstić information content (AvgIpc) is 3.34. The molecule has 1 amide bonds. The van der Waals surface area contributed by atoms with Gasteiger partial charge < -0.3 is 24.5 Å². The molecule has 1 aromatic heterocycles. The summed E-state index contributed by atoms with van der Waals surface area (Å²) in [6, 6.07) is 20.9. The van der Waals surface area contributed by atoms with Gasteiger partial charge in [-0.15, -0.1) is 0 Å². The van der Waals surface area contributed by atoms with E-state index in [1.54, 1.807) is 69.5 Å². The maximum atomic E-state index is 13.3. The summed E-state index contributed by atoms with van der Waals surface area (Å²) in [7, 11) is 1.54. The molecule has 10 nitrogen and oxygen atoms in total. The van der Waals surface area contributed by atoms with Crippen molar-refractivity contribution in [2.45, 2.75) is 32.9 Å². The number of methoxy groups -OCH3 is 1. The number of benzene rings is 3. The Morgan fingerprint density at radius 1 is 1.13 bits per heavy atom. The Hall–Kier alpha value is -5.04. The first-order chi connectivity index (χ1) is 18.9. The zero-order chi connectivity index (χ0) is 27.8. The van der Waals surface area contributed by atoms with Crippen LogP contribution in [-0.2, 0) is 16.1 Å². The number of esters is 1. The van der Waals surface area contributed by atoms with Gasteiger partial charge in [0.25, 0.3) is 0 Å². The van der Waals surface area contributed by atoms with E-state index in [1.165, 1.54) is 4.90 Å². The van der Waals surface area contributed by atoms with Crippen molar-refractivity contribution in [1.29, 1.82) is 5.26 Å². The minimum Gasteiger partial charge on any atom is -0.495 e. The van der Waals surface area contributed by atoms with Crippen LogP contribution in [0.2, 0.25) is 0 Å². The summed E-state index contributed by atoms with van der Waals surface area (Å²) < 4.78 is 16.2. The van der Waals surface area contributed by atoms with Gasteiger partial charge in [0, 0.05) is 23.9 Å². The molecule has 0 bridgehead atoms. The molecule has 3 aromatic carbocycles. The van der Waals surface area contributed by atoms with Crippen LogP contribution in [0.3, 0.4) is 0 Å². The zero-order valence-electron chi connectivity index (χ0n) is 21.9. The minimum absolute atomic E-state index is 0.0256. The average molecular weight is 528 g/mol. The number of H-pyrrole nitrogens is 1. The molecule has 200 valence electrons. The van der Waals surface area contributed by atoms with Gasteiger partial charge in [-0.1, -0.05) is 18.2 Å². The Kier molecular flexibility index (Phi) is 8.64. The van der Waals surface area contributed by atoms with Gasteiger partial charge in [0.15, 0.2) is 0 Å². The third-order valence-electron chi connectivity index (χ3n) is 5.92. The maximum absolute atomic E-state index is 13.3. The fraction of sp³-hybridized carbons (Fsp3) is 0.241. The van der Waals surface area contributed by atoms with Crippen molar-refractivity contribution in [3.05, 3.63) is 78.1 Å². The first-order valence-electron chi connectivity index (χ1n) is 12.4. The first-order valence-corrected chi connectivity index (χ1v) is 12.4. The standard InChI is InChI=1S/C29H29N5O5/c1-4-38-28(35)14-19(2)34(21-8-6-5-7-9-21)29(36)39-22-11-13-23-25(16-22)33-27(32-23)18-31-24-12-10-20(17-30)15-26(24)37-3/h5-13,15-16,19,31H,4,14,18H2,1-3H3,(H,32,33). The quantitative estimate of drug-likeness (QED) is 0.262. The van der Waals surface area contributed by atoms with Gasteiger partial charge in [0.1, 0.15) is 17.3 Å². The van der Waals surface area contributed by atoms with Gasteiger partial charge in [-0.3, -0.25) is 9.69 Å². The molecule has 4 aromatic rings. The third kappa shape index (κ3) is 6.64. The Morgan fingerprint density at radius 3 is 2.64 bits per heavy atom. The molecule has 0 fully saturated rings. The molecule has 0 spiro atoms. The largest absolute Gasteiger partial charge is 0.495 e. The van der Waals surface area contributed by atoms with Crippen molar-refractivity contribution in [3.8, 4) is 17.6 Å². The molecule has 1 heterocycles. The van der Waals surface area contributed by atoms with E-state index >= 15 is 0 Å². The number of amides is 1. The van der Waals surface area contributed by atoms with Gasteiger partial charge in [0.2, 0.25) is 0 Å². The van der Waals surface area contributed by atoms with Crippen molar-refractivity contribution >= 4 is 34.5 Å². The molecule has 0 aliphatic rings. The Labute approximate surface area is 226 Å². The number of carbonyl (C=O) groups is 2. The SMILES string of the molecule is CCOC(=O)CC(C)N(C(=O)Oc1ccc2nc(CNc3ccc(C#N)cc3OC)[nH]c2c1)c1ccccc1. The number of para-hydroxylation sites is 1. The molecule has 1 unspecified atom stereocenters. The fourth-order valence-corrected chi connectivity index (χ4v) is 4.11. The molecule has 0 saturated carbocycles. The number of ether oxygens (including phenoxy) is 3. The zero-order valence-corrected chi connectivity index (χ0v) is 21.9. The predicted molar refractivity (Wildman–Crippen MR) is 147 cm³/mol. The van der Waals surface area contributed by atoms with E-state index in [-0.39, 0.29) is 13.0 Å². The van der Waals surface area contributed by atoms with Crippen LogP contribution in [0, 0.1) is 11.3 Å². The van der Waals surface area contributed by atoms with E-state index in [2.05, 4.69) is 21.4 Å². The predicted octanol–water partition coefficient (Wildman–Crippen LogP) is 5.40. The molecular formula is C29H29N5O5. The number of carbonyl (C=O) groups excluding carboxylic acids is 2. The Bertz CT molecular complexity index is 1500. The number of fused-ring (bicyclic) bond motifs is 1. The molecule has 2 N–H and O–H groups in total. The Balaban J connectivity index is 1.49. The van der Waals surface area contributed by atoms with Gasteiger partial charge in [-0.25, -0.2) is 9.78 Å². The number of rotatable bonds is 10. The fourth-order valence-electron chi connectivity index (χ4n) is 4.11. The summed E-state index contributed by atoms with van der Waals surface area (Å²) in [5, 5.41) is 12.3. The van der Waals surface area contributed by atoms with Crippen molar-refractivity contribution in [3.63, 3.8) is 0 Å². The summed E-state index contributed by atoms with van der Waals surface area (Å²) in [5.41, 5.74) is 3.23. The van der Waals surface area contributed by atoms with E-state index in [9.17, 15) is 9.59 Å². The highest BCUT2D eigenvalue weighted by molar-refractivity contribution is 5.91. The molecule has 0 radical (unpaired) electrons. The number of nitrogens with zero attached hydrogens (tertiary/aromatic N) is 3. The molecule has 0 saturated heterocycles. The van der Waals surface area contributed by atoms with Crippen LogP contribution in [0.25, 0.3) is 11.0 Å². The Morgan fingerprint density at radius 2 is 1.92 bits per heavy atom. The molecule has 4 rings (SSSR count). The molecule has 10 heteroatoms. The van der Waals surface area contributed by atoms with Crippen LogP contribution < -0.4 is 19.7 Å². The highest BCUT2D eigenvalue weighted by Crippen LogP contribution is 2.27. The van der Waals surface area contributed by atoms with E-state index in [0.29, 0.717) is 46.2 Å². The number of aromatic nitrogens is 2. The molecule has 0 aliphatic carbocycles. The smallest absolute Gasteiger partial charge is 0.420 e. The van der Waals surface area contributed by atoms with E-state index in [1.807, 2.05) is 18.2 Å². The summed E-state index contributed by atoms with van der Waals surface area (Å²) in [4.78, 5) is 34.6. The van der Waals surface area contributed by atoms with E-state index in [4.69, 9.17) is 19.5 Å². The lowest BCUT2D eigenvalue weighted by Crippen LogP contribution is -2.42. The second kappa shape index (κ2) is 12.5. The lowest BCUT2D eigenvalue weighted by Gasteiger charge is -2.28. The second-order valence-corrected chi connectivity index (χ2v) is 8.67. The minimum atomic E-state index is -0.619. The van der Waals surface area contributed by atoms with Crippen LogP contribution in [0.5, 0.6) is 11.5 Å². The third-order valence-corrected chi connectivity index (χ3v) is 5.92. The van der Waals surface area contributed by atoms with Crippen LogP contribution in [0.4, 0.5) is 16.2 Å². The van der Waals surface area contributed by atoms with Crippen LogP contribution in [0.1, 0.15) is 31.7 Å². The number of nitrogens with one attached hydrogen (secondary N) is 2. The highest BCUT2D eigenvalue weighted by atomic mass is 16.6. The van der Waals surface area contributed by atoms with Gasteiger partial charge in [-0.2, -0.15) is 5.26 Å². The van der Waals surface area contributed by atoms with Crippen molar-refractivity contribution in [1.82, 2.24) is 9.97 Å². The highest BCUT2D eigenvalue weighted by Gasteiger charge is 2.26.